The van der Waals surface area contributed by atoms with Gasteiger partial charge in [-0.2, -0.15) is 0 Å². The third-order valence-electron chi connectivity index (χ3n) is 4.81. The van der Waals surface area contributed by atoms with Crippen molar-refractivity contribution in [1.82, 2.24) is 5.32 Å². The molecule has 0 aliphatic heterocycles. The third kappa shape index (κ3) is 3.84. The molecule has 1 heterocycles. The maximum atomic E-state index is 12.0. The van der Waals surface area contributed by atoms with Gasteiger partial charge in [-0.3, -0.25) is 0 Å². The van der Waals surface area contributed by atoms with Gasteiger partial charge in [0.25, 0.3) is 0 Å². The molecule has 0 bridgehead atoms. The molecule has 0 fully saturated rings. The van der Waals surface area contributed by atoms with Gasteiger partial charge in [0, 0.05) is 29.1 Å². The third-order valence-corrected chi connectivity index (χ3v) is 5.15. The van der Waals surface area contributed by atoms with Gasteiger partial charge in [0.2, 0.25) is 0 Å². The van der Waals surface area contributed by atoms with Gasteiger partial charge in [-0.15, -0.1) is 0 Å². The predicted molar refractivity (Wildman–Crippen MR) is 108 cm³/mol. The van der Waals surface area contributed by atoms with Crippen molar-refractivity contribution in [2.24, 2.45) is 0 Å². The summed E-state index contributed by atoms with van der Waals surface area (Å²) in [7, 11) is 0. The second kappa shape index (κ2) is 7.65. The lowest BCUT2D eigenvalue weighted by atomic mass is 9.95. The molecule has 26 heavy (non-hydrogen) atoms. The Hall–Kier alpha value is -2.10. The first kappa shape index (κ1) is 18.7. The summed E-state index contributed by atoms with van der Waals surface area (Å²) in [5, 5.41) is 5.20. The van der Waals surface area contributed by atoms with E-state index in [1.165, 1.54) is 5.56 Å². The van der Waals surface area contributed by atoms with E-state index in [1.54, 1.807) is 6.07 Å². The first-order valence-electron chi connectivity index (χ1n) is 8.92. The van der Waals surface area contributed by atoms with Crippen molar-refractivity contribution in [2.45, 2.75) is 46.2 Å². The van der Waals surface area contributed by atoms with Crippen LogP contribution in [-0.2, 0) is 6.54 Å². The topological polar surface area (TPSA) is 42.2 Å². The van der Waals surface area contributed by atoms with Crippen molar-refractivity contribution in [1.29, 1.82) is 0 Å². The molecule has 0 aliphatic rings. The molecule has 1 N–H and O–H groups in total. The van der Waals surface area contributed by atoms with Gasteiger partial charge in [-0.1, -0.05) is 43.6 Å². The van der Waals surface area contributed by atoms with Gasteiger partial charge < -0.3 is 9.73 Å². The number of benzene rings is 2. The molecular weight excluding hydrogens is 346 g/mol. The quantitative estimate of drug-likeness (QED) is 0.584. The average molecular weight is 370 g/mol. The van der Waals surface area contributed by atoms with Crippen molar-refractivity contribution in [3.8, 4) is 0 Å². The lowest BCUT2D eigenvalue weighted by molar-refractivity contribution is 0.547. The minimum absolute atomic E-state index is 0.0704. The molecule has 4 heteroatoms. The van der Waals surface area contributed by atoms with E-state index in [4.69, 9.17) is 16.0 Å². The SMILES string of the molecule is Cc1cc2oc(=O)cc(CNC(C)c3ccccc3Cl)c2cc1C(C)C. The van der Waals surface area contributed by atoms with Crippen LogP contribution in [0, 0.1) is 6.92 Å². The van der Waals surface area contributed by atoms with E-state index < -0.39 is 0 Å². The fraction of sp³-hybridized carbons (Fsp3) is 0.318. The lowest BCUT2D eigenvalue weighted by Crippen LogP contribution is -2.19. The maximum absolute atomic E-state index is 12.0. The van der Waals surface area contributed by atoms with Crippen LogP contribution in [0.25, 0.3) is 11.0 Å². The first-order valence-corrected chi connectivity index (χ1v) is 9.29. The van der Waals surface area contributed by atoms with E-state index in [0.29, 0.717) is 18.0 Å². The number of rotatable bonds is 5. The molecule has 3 aromatic rings. The Labute approximate surface area is 159 Å². The minimum Gasteiger partial charge on any atom is -0.423 e. The van der Waals surface area contributed by atoms with E-state index in [-0.39, 0.29) is 11.7 Å². The van der Waals surface area contributed by atoms with Gasteiger partial charge >= 0.3 is 5.63 Å². The summed E-state index contributed by atoms with van der Waals surface area (Å²) in [6.07, 6.45) is 0. The van der Waals surface area contributed by atoms with Gasteiger partial charge in [0.15, 0.2) is 0 Å². The lowest BCUT2D eigenvalue weighted by Gasteiger charge is -2.17. The molecule has 2 aromatic carbocycles. The van der Waals surface area contributed by atoms with Crippen molar-refractivity contribution in [2.75, 3.05) is 0 Å². The van der Waals surface area contributed by atoms with Crippen LogP contribution in [-0.4, -0.2) is 0 Å². The summed E-state index contributed by atoms with van der Waals surface area (Å²) in [5.74, 6) is 0.411. The normalized spacial score (nSPS) is 12.7. The molecule has 0 saturated heterocycles. The zero-order valence-corrected chi connectivity index (χ0v) is 16.4. The van der Waals surface area contributed by atoms with Crippen LogP contribution in [0.15, 0.2) is 51.7 Å². The van der Waals surface area contributed by atoms with Gasteiger partial charge in [0.05, 0.1) is 0 Å². The monoisotopic (exact) mass is 369 g/mol. The first-order chi connectivity index (χ1) is 12.4. The van der Waals surface area contributed by atoms with E-state index in [1.807, 2.05) is 30.3 Å². The highest BCUT2D eigenvalue weighted by Crippen LogP contribution is 2.28. The predicted octanol–water partition coefficient (Wildman–Crippen LogP) is 5.73. The molecule has 0 saturated carbocycles. The van der Waals surface area contributed by atoms with Gasteiger partial charge in [0.1, 0.15) is 5.58 Å². The smallest absolute Gasteiger partial charge is 0.336 e. The Morgan fingerprint density at radius 2 is 1.81 bits per heavy atom. The number of fused-ring (bicyclic) bond motifs is 1. The Bertz CT molecular complexity index is 991. The van der Waals surface area contributed by atoms with Crippen LogP contribution in [0.3, 0.4) is 0 Å². The van der Waals surface area contributed by atoms with E-state index in [2.05, 4.69) is 39.1 Å². The standard InChI is InChI=1S/C22H24ClNO2/c1-13(2)18-11-19-16(10-22(25)26-21(19)9-14(18)3)12-24-15(4)17-7-5-6-8-20(17)23/h5-11,13,15,24H,12H2,1-4H3. The molecule has 3 rings (SSSR count). The van der Waals surface area contributed by atoms with E-state index >= 15 is 0 Å². The summed E-state index contributed by atoms with van der Waals surface area (Å²) in [6, 6.07) is 13.6. The van der Waals surface area contributed by atoms with Crippen molar-refractivity contribution in [3.63, 3.8) is 0 Å². The molecule has 0 radical (unpaired) electrons. The van der Waals surface area contributed by atoms with Crippen LogP contribution in [0.2, 0.25) is 5.02 Å². The average Bonchev–Trinajstić information content (AvgIpc) is 2.58. The second-order valence-corrected chi connectivity index (χ2v) is 7.48. The molecule has 0 aliphatic carbocycles. The summed E-state index contributed by atoms with van der Waals surface area (Å²) < 4.78 is 5.42. The molecule has 1 aromatic heterocycles. The molecule has 1 unspecified atom stereocenters. The van der Waals surface area contributed by atoms with E-state index in [0.717, 1.165) is 27.1 Å². The van der Waals surface area contributed by atoms with Crippen molar-refractivity contribution >= 4 is 22.6 Å². The van der Waals surface area contributed by atoms with Gasteiger partial charge in [-0.25, -0.2) is 4.79 Å². The second-order valence-electron chi connectivity index (χ2n) is 7.07. The number of halogens is 1. The number of hydrogen-bond acceptors (Lipinski definition) is 3. The Morgan fingerprint density at radius 3 is 2.50 bits per heavy atom. The molecule has 3 nitrogen and oxygen atoms in total. The van der Waals surface area contributed by atoms with Crippen LogP contribution >= 0.6 is 11.6 Å². The van der Waals surface area contributed by atoms with Crippen molar-refractivity contribution in [3.05, 3.63) is 80.2 Å². The van der Waals surface area contributed by atoms with Crippen molar-refractivity contribution < 1.29 is 4.42 Å². The molecule has 1 atom stereocenters. The zero-order chi connectivity index (χ0) is 18.8. The maximum Gasteiger partial charge on any atom is 0.336 e. The minimum atomic E-state index is -0.323. The van der Waals surface area contributed by atoms with Crippen LogP contribution < -0.4 is 10.9 Å². The number of hydrogen-bond donors (Lipinski definition) is 1. The molecular formula is C22H24ClNO2. The highest BCUT2D eigenvalue weighted by Gasteiger charge is 2.13. The number of aryl methyl sites for hydroxylation is 1. The van der Waals surface area contributed by atoms with Crippen LogP contribution in [0.1, 0.15) is 55.0 Å². The van der Waals surface area contributed by atoms with Crippen LogP contribution in [0.5, 0.6) is 0 Å². The summed E-state index contributed by atoms with van der Waals surface area (Å²) >= 11 is 6.29. The van der Waals surface area contributed by atoms with Gasteiger partial charge in [-0.05, 0) is 60.2 Å². The fourth-order valence-electron chi connectivity index (χ4n) is 3.36. The zero-order valence-electron chi connectivity index (χ0n) is 15.6. The molecule has 0 amide bonds. The Kier molecular flexibility index (Phi) is 5.49. The van der Waals surface area contributed by atoms with E-state index in [9.17, 15) is 4.79 Å². The Balaban J connectivity index is 1.95. The summed E-state index contributed by atoms with van der Waals surface area (Å²) in [5.41, 5.74) is 4.71. The number of nitrogens with one attached hydrogen (secondary N) is 1. The fourth-order valence-corrected chi connectivity index (χ4v) is 3.66. The largest absolute Gasteiger partial charge is 0.423 e. The highest BCUT2D eigenvalue weighted by molar-refractivity contribution is 6.31. The summed E-state index contributed by atoms with van der Waals surface area (Å²) in [4.78, 5) is 12.0. The van der Waals surface area contributed by atoms with Crippen LogP contribution in [0.4, 0.5) is 0 Å². The molecule has 0 spiro atoms. The Morgan fingerprint density at radius 1 is 1.08 bits per heavy atom. The highest BCUT2D eigenvalue weighted by atomic mass is 35.5. The molecule has 136 valence electrons. The summed E-state index contributed by atoms with van der Waals surface area (Å²) in [6.45, 7) is 9.03.